The van der Waals surface area contributed by atoms with Gasteiger partial charge < -0.3 is 4.74 Å². The number of hydrogen-bond donors (Lipinski definition) is 1. The molecule has 0 bridgehead atoms. The van der Waals surface area contributed by atoms with Gasteiger partial charge in [0.25, 0.3) is 5.91 Å². The first-order chi connectivity index (χ1) is 11.2. The van der Waals surface area contributed by atoms with E-state index in [1.54, 1.807) is 10.8 Å². The predicted molar refractivity (Wildman–Crippen MR) is 84.2 cm³/mol. The van der Waals surface area contributed by atoms with Crippen LogP contribution >= 0.6 is 0 Å². The van der Waals surface area contributed by atoms with Gasteiger partial charge in [-0.2, -0.15) is 0 Å². The lowest BCUT2D eigenvalue weighted by Crippen LogP contribution is -2.30. The second kappa shape index (κ2) is 6.96. The summed E-state index contributed by atoms with van der Waals surface area (Å²) in [5.41, 5.74) is 1.05. The van der Waals surface area contributed by atoms with Gasteiger partial charge in [0.05, 0.1) is 11.8 Å². The quantitative estimate of drug-likeness (QED) is 0.895. The summed E-state index contributed by atoms with van der Waals surface area (Å²) < 4.78 is 56.7. The van der Waals surface area contributed by atoms with Gasteiger partial charge in [-0.05, 0) is 18.6 Å². The van der Waals surface area contributed by atoms with Crippen LogP contribution < -0.4 is 9.46 Å². The summed E-state index contributed by atoms with van der Waals surface area (Å²) in [4.78, 5) is 11.6. The minimum Gasteiger partial charge on any atom is -0.486 e. The normalized spacial score (nSPS) is 11.2. The Kier molecular flexibility index (Phi) is 5.18. The Morgan fingerprint density at radius 3 is 2.50 bits per heavy atom. The zero-order chi connectivity index (χ0) is 17.9. The van der Waals surface area contributed by atoms with Crippen LogP contribution in [-0.2, 0) is 16.6 Å². The van der Waals surface area contributed by atoms with Crippen LogP contribution in [0.2, 0.25) is 0 Å². The number of nitrogens with one attached hydrogen (secondary N) is 1. The van der Waals surface area contributed by atoms with Crippen molar-refractivity contribution in [2.24, 2.45) is 0 Å². The fraction of sp³-hybridized carbons (Fsp3) is 0.188. The number of hydrogen-bond acceptors (Lipinski definition) is 4. The largest absolute Gasteiger partial charge is 0.486 e. The SMILES string of the molecule is Cc1cccc(COc2cc(F)c(C(=O)NS(C)(=O)=O)cc2F)c1. The molecule has 0 saturated heterocycles. The number of rotatable bonds is 5. The highest BCUT2D eigenvalue weighted by Gasteiger charge is 2.19. The van der Waals surface area contributed by atoms with Crippen molar-refractivity contribution >= 4 is 15.9 Å². The molecule has 8 heteroatoms. The summed E-state index contributed by atoms with van der Waals surface area (Å²) in [6, 6.07) is 8.61. The van der Waals surface area contributed by atoms with E-state index in [0.717, 1.165) is 17.4 Å². The Morgan fingerprint density at radius 2 is 1.88 bits per heavy atom. The monoisotopic (exact) mass is 355 g/mol. The molecule has 0 aromatic heterocycles. The van der Waals surface area contributed by atoms with Crippen molar-refractivity contribution in [1.29, 1.82) is 0 Å². The maximum atomic E-state index is 14.0. The Hall–Kier alpha value is -2.48. The summed E-state index contributed by atoms with van der Waals surface area (Å²) in [5, 5.41) is 0. The molecule has 0 aliphatic rings. The van der Waals surface area contributed by atoms with E-state index in [2.05, 4.69) is 0 Å². The third kappa shape index (κ3) is 4.76. The number of benzene rings is 2. The second-order valence-electron chi connectivity index (χ2n) is 5.24. The maximum absolute atomic E-state index is 14.0. The van der Waals surface area contributed by atoms with Crippen LogP contribution in [0, 0.1) is 18.6 Å². The average Bonchev–Trinajstić information content (AvgIpc) is 2.46. The first kappa shape index (κ1) is 17.9. The zero-order valence-corrected chi connectivity index (χ0v) is 13.8. The third-order valence-corrected chi connectivity index (χ3v) is 3.58. The van der Waals surface area contributed by atoms with Crippen LogP contribution in [0.15, 0.2) is 36.4 Å². The van der Waals surface area contributed by atoms with Crippen molar-refractivity contribution < 1.29 is 26.7 Å². The summed E-state index contributed by atoms with van der Waals surface area (Å²) in [6.07, 6.45) is 0.735. The number of amides is 1. The number of carbonyl (C=O) groups is 1. The highest BCUT2D eigenvalue weighted by atomic mass is 32.2. The van der Waals surface area contributed by atoms with E-state index in [0.29, 0.717) is 12.1 Å². The fourth-order valence-corrected chi connectivity index (χ4v) is 2.45. The van der Waals surface area contributed by atoms with E-state index in [1.807, 2.05) is 25.1 Å². The minimum atomic E-state index is -3.88. The summed E-state index contributed by atoms with van der Waals surface area (Å²) in [6.45, 7) is 1.91. The van der Waals surface area contributed by atoms with Crippen molar-refractivity contribution in [1.82, 2.24) is 4.72 Å². The van der Waals surface area contributed by atoms with Gasteiger partial charge >= 0.3 is 0 Å². The number of aryl methyl sites for hydroxylation is 1. The standard InChI is InChI=1S/C16H15F2NO4S/c1-10-4-3-5-11(6-10)9-23-15-8-13(17)12(7-14(15)18)16(20)19-24(2,21)22/h3-8H,9H2,1-2H3,(H,19,20). The molecule has 2 rings (SSSR count). The molecule has 0 heterocycles. The van der Waals surface area contributed by atoms with Crippen LogP contribution in [0.1, 0.15) is 21.5 Å². The lowest BCUT2D eigenvalue weighted by molar-refractivity contribution is 0.0977. The lowest BCUT2D eigenvalue weighted by atomic mass is 10.1. The Bertz CT molecular complexity index is 882. The molecule has 5 nitrogen and oxygen atoms in total. The molecule has 24 heavy (non-hydrogen) atoms. The van der Waals surface area contributed by atoms with Crippen LogP contribution in [0.25, 0.3) is 0 Å². The van der Waals surface area contributed by atoms with Gasteiger partial charge in [0.15, 0.2) is 11.6 Å². The van der Waals surface area contributed by atoms with Crippen molar-refractivity contribution in [2.75, 3.05) is 6.26 Å². The molecule has 128 valence electrons. The molecular formula is C16H15F2NO4S. The molecule has 0 unspecified atom stereocenters. The third-order valence-electron chi connectivity index (χ3n) is 3.02. The van der Waals surface area contributed by atoms with Crippen LogP contribution in [0.4, 0.5) is 8.78 Å². The molecule has 2 aromatic rings. The van der Waals surface area contributed by atoms with Crippen molar-refractivity contribution in [3.05, 3.63) is 64.7 Å². The highest BCUT2D eigenvalue weighted by Crippen LogP contribution is 2.23. The van der Waals surface area contributed by atoms with Crippen molar-refractivity contribution in [3.8, 4) is 5.75 Å². The van der Waals surface area contributed by atoms with Crippen LogP contribution in [0.5, 0.6) is 5.75 Å². The first-order valence-electron chi connectivity index (χ1n) is 6.85. The van der Waals surface area contributed by atoms with Gasteiger partial charge in [0.2, 0.25) is 10.0 Å². The molecule has 0 spiro atoms. The number of carbonyl (C=O) groups excluding carboxylic acids is 1. The van der Waals surface area contributed by atoms with Gasteiger partial charge in [-0.25, -0.2) is 21.9 Å². The molecule has 0 saturated carbocycles. The smallest absolute Gasteiger partial charge is 0.267 e. The molecule has 0 aliphatic heterocycles. The van der Waals surface area contributed by atoms with Gasteiger partial charge in [-0.15, -0.1) is 0 Å². The van der Waals surface area contributed by atoms with Crippen LogP contribution in [0.3, 0.4) is 0 Å². The number of sulfonamides is 1. The van der Waals surface area contributed by atoms with Gasteiger partial charge in [0.1, 0.15) is 12.4 Å². The minimum absolute atomic E-state index is 0.0208. The molecule has 0 aliphatic carbocycles. The number of halogens is 2. The Balaban J connectivity index is 2.19. The van der Waals surface area contributed by atoms with Gasteiger partial charge in [0, 0.05) is 6.07 Å². The first-order valence-corrected chi connectivity index (χ1v) is 8.74. The van der Waals surface area contributed by atoms with E-state index in [1.165, 1.54) is 0 Å². The highest BCUT2D eigenvalue weighted by molar-refractivity contribution is 7.89. The fourth-order valence-electron chi connectivity index (χ4n) is 2.00. The predicted octanol–water partition coefficient (Wildman–Crippen LogP) is 2.54. The molecule has 1 N–H and O–H groups in total. The maximum Gasteiger partial charge on any atom is 0.267 e. The molecule has 0 atom stereocenters. The van der Waals surface area contributed by atoms with E-state index in [4.69, 9.17) is 4.74 Å². The topological polar surface area (TPSA) is 72.5 Å². The lowest BCUT2D eigenvalue weighted by Gasteiger charge is -2.10. The molecule has 2 aromatic carbocycles. The van der Waals surface area contributed by atoms with E-state index >= 15 is 0 Å². The van der Waals surface area contributed by atoms with Crippen molar-refractivity contribution in [3.63, 3.8) is 0 Å². The van der Waals surface area contributed by atoms with Crippen LogP contribution in [-0.4, -0.2) is 20.6 Å². The summed E-state index contributed by atoms with van der Waals surface area (Å²) in [5.74, 6) is -3.68. The average molecular weight is 355 g/mol. The molecular weight excluding hydrogens is 340 g/mol. The van der Waals surface area contributed by atoms with Gasteiger partial charge in [-0.1, -0.05) is 29.8 Å². The summed E-state index contributed by atoms with van der Waals surface area (Å²) in [7, 11) is -3.88. The zero-order valence-electron chi connectivity index (χ0n) is 13.0. The molecule has 0 fully saturated rings. The Labute approximate surface area is 138 Å². The van der Waals surface area contributed by atoms with E-state index < -0.39 is 33.1 Å². The Morgan fingerprint density at radius 1 is 1.17 bits per heavy atom. The van der Waals surface area contributed by atoms with Gasteiger partial charge in [-0.3, -0.25) is 4.79 Å². The molecule has 0 radical (unpaired) electrons. The number of ether oxygens (including phenoxy) is 1. The molecule has 1 amide bonds. The van der Waals surface area contributed by atoms with Crippen molar-refractivity contribution in [2.45, 2.75) is 13.5 Å². The van der Waals surface area contributed by atoms with E-state index in [-0.39, 0.29) is 12.4 Å². The van der Waals surface area contributed by atoms with E-state index in [9.17, 15) is 22.0 Å². The second-order valence-corrected chi connectivity index (χ2v) is 6.99. The summed E-state index contributed by atoms with van der Waals surface area (Å²) >= 11 is 0.